The molecule has 0 radical (unpaired) electrons. The Morgan fingerprint density at radius 2 is 2.62 bits per heavy atom. The monoisotopic (exact) mass is 108 g/mol. The maximum Gasteiger partial charge on any atom is 0.0387 e. The summed E-state index contributed by atoms with van der Waals surface area (Å²) in [7, 11) is 0. The minimum absolute atomic E-state index is 0.914. The van der Waals surface area contributed by atoms with Crippen molar-refractivity contribution >= 4 is 5.87 Å². The number of rotatable bonds is 1. The Kier molecular flexibility index (Phi) is 1.50. The highest BCUT2D eigenvalue weighted by molar-refractivity contribution is 5.55. The molecule has 0 saturated heterocycles. The van der Waals surface area contributed by atoms with Crippen LogP contribution in [-0.2, 0) is 0 Å². The fourth-order valence-corrected chi connectivity index (χ4v) is 0.502. The average molecular weight is 108 g/mol. The van der Waals surface area contributed by atoms with Crippen LogP contribution in [0, 0.1) is 0 Å². The fraction of sp³-hybridized carbons (Fsp3) is 0.333. The van der Waals surface area contributed by atoms with Gasteiger partial charge in [-0.2, -0.15) is 0 Å². The molecule has 2 nitrogen and oxygen atoms in total. The van der Waals surface area contributed by atoms with Crippen LogP contribution in [0.15, 0.2) is 23.5 Å². The standard InChI is InChI=1S/C6H8N2/c1-2-8-6-4-3-5-7-8/h3-4,6H,2H2,1H3. The molecule has 0 N–H and O–H groups in total. The second-order valence-electron chi connectivity index (χ2n) is 1.49. The van der Waals surface area contributed by atoms with Crippen LogP contribution in [-0.4, -0.2) is 17.4 Å². The van der Waals surface area contributed by atoms with Crippen molar-refractivity contribution in [3.05, 3.63) is 18.4 Å². The van der Waals surface area contributed by atoms with E-state index in [0.717, 1.165) is 6.54 Å². The van der Waals surface area contributed by atoms with Gasteiger partial charge < -0.3 is 0 Å². The van der Waals surface area contributed by atoms with E-state index < -0.39 is 0 Å². The van der Waals surface area contributed by atoms with Crippen LogP contribution in [0.1, 0.15) is 6.92 Å². The Morgan fingerprint density at radius 3 is 3.00 bits per heavy atom. The third-order valence-electron chi connectivity index (χ3n) is 0.939. The number of allylic oxidation sites excluding steroid dienone is 2. The minimum atomic E-state index is 0.914. The predicted octanol–water partition coefficient (Wildman–Crippen LogP) is 0.976. The summed E-state index contributed by atoms with van der Waals surface area (Å²) >= 11 is 0. The van der Waals surface area contributed by atoms with Crippen LogP contribution >= 0.6 is 0 Å². The molecule has 1 heterocycles. The van der Waals surface area contributed by atoms with Gasteiger partial charge in [-0.3, -0.25) is 5.01 Å². The van der Waals surface area contributed by atoms with Gasteiger partial charge >= 0.3 is 0 Å². The van der Waals surface area contributed by atoms with Gasteiger partial charge in [0.1, 0.15) is 0 Å². The van der Waals surface area contributed by atoms with Gasteiger partial charge in [-0.15, -0.1) is 5.10 Å². The van der Waals surface area contributed by atoms with Gasteiger partial charge in [-0.25, -0.2) is 0 Å². The summed E-state index contributed by atoms with van der Waals surface area (Å²) in [6.45, 7) is 2.96. The second-order valence-corrected chi connectivity index (χ2v) is 1.49. The summed E-state index contributed by atoms with van der Waals surface area (Å²) < 4.78 is 0. The van der Waals surface area contributed by atoms with Crippen molar-refractivity contribution in [2.45, 2.75) is 6.92 Å². The van der Waals surface area contributed by atoms with Crippen molar-refractivity contribution in [2.75, 3.05) is 6.54 Å². The lowest BCUT2D eigenvalue weighted by Crippen LogP contribution is -2.08. The van der Waals surface area contributed by atoms with Gasteiger partial charge in [-0.1, -0.05) is 0 Å². The molecule has 0 bridgehead atoms. The second kappa shape index (κ2) is 2.34. The van der Waals surface area contributed by atoms with Gasteiger partial charge in [0.2, 0.25) is 0 Å². The van der Waals surface area contributed by atoms with E-state index in [4.69, 9.17) is 0 Å². The highest BCUT2D eigenvalue weighted by Crippen LogP contribution is 1.91. The molecule has 1 rings (SSSR count). The average Bonchev–Trinajstić information content (AvgIpc) is 1.90. The molecule has 0 amide bonds. The lowest BCUT2D eigenvalue weighted by atomic mass is 10.5. The third kappa shape index (κ3) is 0.983. The van der Waals surface area contributed by atoms with Crippen molar-refractivity contribution in [3.8, 4) is 0 Å². The van der Waals surface area contributed by atoms with Gasteiger partial charge in [0, 0.05) is 24.7 Å². The maximum atomic E-state index is 3.89. The van der Waals surface area contributed by atoms with Crippen LogP contribution in [0.3, 0.4) is 0 Å². The fourth-order valence-electron chi connectivity index (χ4n) is 0.502. The SMILES string of the molecule is CCN1C=CC=C=N1. The van der Waals surface area contributed by atoms with E-state index in [0.29, 0.717) is 0 Å². The Labute approximate surface area is 48.8 Å². The van der Waals surface area contributed by atoms with Crippen LogP contribution in [0.5, 0.6) is 0 Å². The summed E-state index contributed by atoms with van der Waals surface area (Å²) in [5.74, 6) is 2.72. The predicted molar refractivity (Wildman–Crippen MR) is 33.5 cm³/mol. The van der Waals surface area contributed by atoms with E-state index >= 15 is 0 Å². The van der Waals surface area contributed by atoms with Gasteiger partial charge in [0.05, 0.1) is 0 Å². The lowest BCUT2D eigenvalue weighted by molar-refractivity contribution is 0.423. The molecule has 0 aromatic heterocycles. The molecule has 0 aromatic rings. The van der Waals surface area contributed by atoms with Crippen molar-refractivity contribution in [1.82, 2.24) is 5.01 Å². The molecule has 2 heteroatoms. The van der Waals surface area contributed by atoms with Crippen LogP contribution in [0.4, 0.5) is 0 Å². The molecule has 42 valence electrons. The topological polar surface area (TPSA) is 15.6 Å². The first-order valence-electron chi connectivity index (χ1n) is 2.66. The number of hydrazone groups is 1. The summed E-state index contributed by atoms with van der Waals surface area (Å²) in [6, 6.07) is 0. The van der Waals surface area contributed by atoms with E-state index in [1.165, 1.54) is 0 Å². The molecule has 0 aliphatic carbocycles. The molecular formula is C6H8N2. The largest absolute Gasteiger partial charge is 0.265 e. The first kappa shape index (κ1) is 5.13. The zero-order chi connectivity index (χ0) is 5.82. The lowest BCUT2D eigenvalue weighted by Gasteiger charge is -2.08. The molecule has 0 spiro atoms. The van der Waals surface area contributed by atoms with Gasteiger partial charge in [0.25, 0.3) is 0 Å². The number of hydrogen-bond donors (Lipinski definition) is 0. The normalized spacial score (nSPS) is 15.4. The Hall–Kier alpha value is -1.01. The summed E-state index contributed by atoms with van der Waals surface area (Å²) in [5, 5.41) is 5.71. The van der Waals surface area contributed by atoms with Crippen molar-refractivity contribution < 1.29 is 0 Å². The van der Waals surface area contributed by atoms with E-state index in [1.54, 1.807) is 6.08 Å². The van der Waals surface area contributed by atoms with Crippen molar-refractivity contribution in [3.63, 3.8) is 0 Å². The van der Waals surface area contributed by atoms with Crippen LogP contribution in [0.25, 0.3) is 0 Å². The molecule has 8 heavy (non-hydrogen) atoms. The van der Waals surface area contributed by atoms with E-state index in [-0.39, 0.29) is 0 Å². The van der Waals surface area contributed by atoms with Crippen LogP contribution < -0.4 is 0 Å². The highest BCUT2D eigenvalue weighted by Gasteiger charge is 1.87. The minimum Gasteiger partial charge on any atom is -0.265 e. The van der Waals surface area contributed by atoms with E-state index in [9.17, 15) is 0 Å². The summed E-state index contributed by atoms with van der Waals surface area (Å²) in [4.78, 5) is 0. The molecule has 1 aliphatic heterocycles. The smallest absolute Gasteiger partial charge is 0.0387 e. The van der Waals surface area contributed by atoms with Crippen molar-refractivity contribution in [1.29, 1.82) is 0 Å². The van der Waals surface area contributed by atoms with Gasteiger partial charge in [-0.05, 0) is 13.0 Å². The third-order valence-corrected chi connectivity index (χ3v) is 0.939. The zero-order valence-corrected chi connectivity index (χ0v) is 4.83. The van der Waals surface area contributed by atoms with E-state index in [2.05, 4.69) is 11.0 Å². The molecule has 0 aromatic carbocycles. The summed E-state index contributed by atoms with van der Waals surface area (Å²) in [5.41, 5.74) is 0. The van der Waals surface area contributed by atoms with Crippen LogP contribution in [0.2, 0.25) is 0 Å². The molecule has 1 aliphatic rings. The number of nitrogens with zero attached hydrogens (tertiary/aromatic N) is 2. The molecule has 0 fully saturated rings. The molecule has 0 unspecified atom stereocenters. The van der Waals surface area contributed by atoms with Crippen molar-refractivity contribution in [2.24, 2.45) is 5.10 Å². The first-order chi connectivity index (χ1) is 3.93. The molecule has 0 saturated carbocycles. The Morgan fingerprint density at radius 1 is 1.75 bits per heavy atom. The zero-order valence-electron chi connectivity index (χ0n) is 4.83. The molecular weight excluding hydrogens is 100 g/mol. The van der Waals surface area contributed by atoms with Gasteiger partial charge in [0.15, 0.2) is 0 Å². The Balaban J connectivity index is 2.62. The number of hydrogen-bond acceptors (Lipinski definition) is 2. The summed E-state index contributed by atoms with van der Waals surface area (Å²) in [6.07, 6.45) is 5.61. The first-order valence-corrected chi connectivity index (χ1v) is 2.66. The quantitative estimate of drug-likeness (QED) is 0.488. The van der Waals surface area contributed by atoms with E-state index in [1.807, 2.05) is 24.2 Å². The highest BCUT2D eigenvalue weighted by atomic mass is 15.4. The molecule has 0 atom stereocenters. The Bertz CT molecular complexity index is 152. The maximum absolute atomic E-state index is 3.89.